The van der Waals surface area contributed by atoms with Crippen LogP contribution in [-0.2, 0) is 11.3 Å². The minimum absolute atomic E-state index is 0.174. The fraction of sp³-hybridized carbons (Fsp3) is 0.0769. The van der Waals surface area contributed by atoms with Gasteiger partial charge in [-0.05, 0) is 40.2 Å². The summed E-state index contributed by atoms with van der Waals surface area (Å²) in [6.45, 7) is 0.174. The van der Waals surface area contributed by atoms with E-state index in [-0.39, 0.29) is 12.6 Å². The average Bonchev–Trinajstić information content (AvgIpc) is 2.37. The molecule has 0 unspecified atom stereocenters. The molecule has 2 aromatic rings. The first-order valence-electron chi connectivity index (χ1n) is 5.09. The summed E-state index contributed by atoms with van der Waals surface area (Å²) in [6.07, 6.45) is 0. The van der Waals surface area contributed by atoms with Crippen LogP contribution in [0.25, 0.3) is 0 Å². The van der Waals surface area contributed by atoms with E-state index in [2.05, 4.69) is 20.9 Å². The number of ether oxygens (including phenoxy) is 1. The minimum Gasteiger partial charge on any atom is -0.456 e. The number of carbonyl (C=O) groups is 1. The van der Waals surface area contributed by atoms with Gasteiger partial charge in [-0.1, -0.05) is 24.3 Å². The molecule has 0 bridgehead atoms. The molecule has 86 valence electrons. The van der Waals surface area contributed by atoms with Gasteiger partial charge in [-0.25, -0.2) is 9.78 Å². The number of nitrogens with zero attached hydrogens (tertiary/aromatic N) is 1. The monoisotopic (exact) mass is 291 g/mol. The lowest BCUT2D eigenvalue weighted by Gasteiger charge is -2.04. The van der Waals surface area contributed by atoms with Crippen LogP contribution >= 0.6 is 15.9 Å². The van der Waals surface area contributed by atoms with E-state index in [1.54, 1.807) is 24.3 Å². The van der Waals surface area contributed by atoms with Crippen molar-refractivity contribution in [2.24, 2.45) is 0 Å². The number of esters is 1. The molecule has 0 atom stereocenters. The van der Waals surface area contributed by atoms with Crippen molar-refractivity contribution in [1.29, 1.82) is 0 Å². The molecule has 17 heavy (non-hydrogen) atoms. The third-order valence-corrected chi connectivity index (χ3v) is 2.58. The fourth-order valence-electron chi connectivity index (χ4n) is 1.33. The Morgan fingerprint density at radius 1 is 1.12 bits per heavy atom. The number of hydrogen-bond acceptors (Lipinski definition) is 3. The van der Waals surface area contributed by atoms with E-state index in [1.165, 1.54) is 0 Å². The first-order chi connectivity index (χ1) is 8.25. The highest BCUT2D eigenvalue weighted by atomic mass is 79.9. The zero-order chi connectivity index (χ0) is 12.1. The Balaban J connectivity index is 1.97. The SMILES string of the molecule is O=C(OCc1cccc(Br)n1)c1ccccc1. The zero-order valence-electron chi connectivity index (χ0n) is 8.97. The second-order valence-electron chi connectivity index (χ2n) is 3.39. The minimum atomic E-state index is -0.340. The maximum atomic E-state index is 11.6. The molecule has 0 aliphatic rings. The van der Waals surface area contributed by atoms with E-state index < -0.39 is 0 Å². The molecular formula is C13H10BrNO2. The van der Waals surface area contributed by atoms with E-state index in [4.69, 9.17) is 4.74 Å². The Hall–Kier alpha value is -1.68. The van der Waals surface area contributed by atoms with Gasteiger partial charge in [0.15, 0.2) is 0 Å². The van der Waals surface area contributed by atoms with Crippen molar-refractivity contribution in [3.63, 3.8) is 0 Å². The molecule has 0 radical (unpaired) electrons. The highest BCUT2D eigenvalue weighted by molar-refractivity contribution is 9.10. The van der Waals surface area contributed by atoms with Gasteiger partial charge in [-0.3, -0.25) is 0 Å². The fourth-order valence-corrected chi connectivity index (χ4v) is 1.71. The lowest BCUT2D eigenvalue weighted by atomic mass is 10.2. The normalized spacial score (nSPS) is 9.94. The van der Waals surface area contributed by atoms with Gasteiger partial charge in [-0.2, -0.15) is 0 Å². The van der Waals surface area contributed by atoms with Crippen molar-refractivity contribution < 1.29 is 9.53 Å². The third kappa shape index (κ3) is 3.39. The van der Waals surface area contributed by atoms with Crippen LogP contribution in [0.2, 0.25) is 0 Å². The van der Waals surface area contributed by atoms with Gasteiger partial charge in [-0.15, -0.1) is 0 Å². The van der Waals surface area contributed by atoms with Crippen LogP contribution in [0.15, 0.2) is 53.1 Å². The lowest BCUT2D eigenvalue weighted by Crippen LogP contribution is -2.05. The predicted octanol–water partition coefficient (Wildman–Crippen LogP) is 3.20. The topological polar surface area (TPSA) is 39.2 Å². The van der Waals surface area contributed by atoms with Crippen LogP contribution in [-0.4, -0.2) is 11.0 Å². The summed E-state index contributed by atoms with van der Waals surface area (Å²) in [7, 11) is 0. The van der Waals surface area contributed by atoms with Crippen LogP contribution in [0.4, 0.5) is 0 Å². The van der Waals surface area contributed by atoms with E-state index >= 15 is 0 Å². The molecule has 1 aromatic carbocycles. The summed E-state index contributed by atoms with van der Waals surface area (Å²) in [5.41, 5.74) is 1.26. The van der Waals surface area contributed by atoms with E-state index in [0.29, 0.717) is 11.3 Å². The van der Waals surface area contributed by atoms with E-state index in [9.17, 15) is 4.79 Å². The second-order valence-corrected chi connectivity index (χ2v) is 4.21. The summed E-state index contributed by atoms with van der Waals surface area (Å²) < 4.78 is 5.87. The zero-order valence-corrected chi connectivity index (χ0v) is 10.6. The molecule has 0 aliphatic carbocycles. The van der Waals surface area contributed by atoms with Crippen LogP contribution in [0, 0.1) is 0 Å². The standard InChI is InChI=1S/C13H10BrNO2/c14-12-8-4-7-11(15-12)9-17-13(16)10-5-2-1-3-6-10/h1-8H,9H2. The highest BCUT2D eigenvalue weighted by Crippen LogP contribution is 2.08. The first kappa shape index (κ1) is 11.8. The van der Waals surface area contributed by atoms with Gasteiger partial charge in [0.25, 0.3) is 0 Å². The Bertz CT molecular complexity index is 514. The van der Waals surface area contributed by atoms with E-state index in [0.717, 1.165) is 4.60 Å². The number of rotatable bonds is 3. The molecular weight excluding hydrogens is 282 g/mol. The maximum Gasteiger partial charge on any atom is 0.338 e. The van der Waals surface area contributed by atoms with Crippen LogP contribution in [0.3, 0.4) is 0 Å². The van der Waals surface area contributed by atoms with Gasteiger partial charge in [0.1, 0.15) is 11.2 Å². The molecule has 0 saturated heterocycles. The molecule has 2 rings (SSSR count). The summed E-state index contributed by atoms with van der Waals surface area (Å²) in [5, 5.41) is 0. The second kappa shape index (κ2) is 5.59. The average molecular weight is 292 g/mol. The molecule has 3 nitrogen and oxygen atoms in total. The Kier molecular flexibility index (Phi) is 3.88. The van der Waals surface area contributed by atoms with Crippen molar-refractivity contribution in [1.82, 2.24) is 4.98 Å². The number of carbonyl (C=O) groups excluding carboxylic acids is 1. The van der Waals surface area contributed by atoms with Crippen molar-refractivity contribution in [2.75, 3.05) is 0 Å². The Labute approximate surface area is 108 Å². The lowest BCUT2D eigenvalue weighted by molar-refractivity contribution is 0.0467. The van der Waals surface area contributed by atoms with Gasteiger partial charge in [0.2, 0.25) is 0 Å². The molecule has 0 spiro atoms. The van der Waals surface area contributed by atoms with Gasteiger partial charge in [0, 0.05) is 0 Å². The molecule has 0 N–H and O–H groups in total. The van der Waals surface area contributed by atoms with Crippen molar-refractivity contribution in [2.45, 2.75) is 6.61 Å². The third-order valence-electron chi connectivity index (χ3n) is 2.13. The van der Waals surface area contributed by atoms with Gasteiger partial charge >= 0.3 is 5.97 Å². The van der Waals surface area contributed by atoms with Crippen molar-refractivity contribution >= 4 is 21.9 Å². The van der Waals surface area contributed by atoms with Gasteiger partial charge in [0.05, 0.1) is 11.3 Å². The summed E-state index contributed by atoms with van der Waals surface area (Å²) in [6, 6.07) is 14.4. The van der Waals surface area contributed by atoms with Crippen LogP contribution < -0.4 is 0 Å². The maximum absolute atomic E-state index is 11.6. The predicted molar refractivity (Wildman–Crippen MR) is 67.5 cm³/mol. The number of halogens is 1. The molecule has 0 fully saturated rings. The first-order valence-corrected chi connectivity index (χ1v) is 5.88. The molecule has 4 heteroatoms. The summed E-state index contributed by atoms with van der Waals surface area (Å²) >= 11 is 3.26. The van der Waals surface area contributed by atoms with Crippen LogP contribution in [0.5, 0.6) is 0 Å². The van der Waals surface area contributed by atoms with Crippen LogP contribution in [0.1, 0.15) is 16.1 Å². The quantitative estimate of drug-likeness (QED) is 0.644. The summed E-state index contributed by atoms with van der Waals surface area (Å²) in [5.74, 6) is -0.340. The molecule has 1 aromatic heterocycles. The summed E-state index contributed by atoms with van der Waals surface area (Å²) in [4.78, 5) is 15.8. The number of benzene rings is 1. The molecule has 1 heterocycles. The molecule has 0 saturated carbocycles. The highest BCUT2D eigenvalue weighted by Gasteiger charge is 2.06. The number of hydrogen-bond donors (Lipinski definition) is 0. The number of pyridine rings is 1. The van der Waals surface area contributed by atoms with E-state index in [1.807, 2.05) is 24.3 Å². The Morgan fingerprint density at radius 2 is 1.88 bits per heavy atom. The Morgan fingerprint density at radius 3 is 2.59 bits per heavy atom. The molecule has 0 amide bonds. The number of aromatic nitrogens is 1. The van der Waals surface area contributed by atoms with Crippen molar-refractivity contribution in [3.05, 3.63) is 64.4 Å². The van der Waals surface area contributed by atoms with Gasteiger partial charge < -0.3 is 4.74 Å². The largest absolute Gasteiger partial charge is 0.456 e. The molecule has 0 aliphatic heterocycles. The smallest absolute Gasteiger partial charge is 0.338 e. The van der Waals surface area contributed by atoms with Crippen molar-refractivity contribution in [3.8, 4) is 0 Å².